The molecule has 0 saturated carbocycles. The summed E-state index contributed by atoms with van der Waals surface area (Å²) in [5.41, 5.74) is 1.61. The number of amides is 3. The number of carbonyl (C=O) groups is 3. The van der Waals surface area contributed by atoms with E-state index in [1.54, 1.807) is 24.3 Å². The summed E-state index contributed by atoms with van der Waals surface area (Å²) in [6.07, 6.45) is 0.635. The largest absolute Gasteiger partial charge is 0.493 e. The van der Waals surface area contributed by atoms with Crippen molar-refractivity contribution >= 4 is 17.7 Å². The zero-order valence-electron chi connectivity index (χ0n) is 15.8. The number of nitrogens with zero attached hydrogens (tertiary/aromatic N) is 1. The Hall–Kier alpha value is -3.15. The second-order valence-corrected chi connectivity index (χ2v) is 7.45. The van der Waals surface area contributed by atoms with Gasteiger partial charge in [-0.05, 0) is 24.1 Å². The van der Waals surface area contributed by atoms with Crippen LogP contribution in [0, 0.1) is 5.92 Å². The van der Waals surface area contributed by atoms with Gasteiger partial charge in [-0.25, -0.2) is 0 Å². The monoisotopic (exact) mass is 378 g/mol. The molecule has 4 rings (SSSR count). The van der Waals surface area contributed by atoms with E-state index in [-0.39, 0.29) is 17.9 Å². The third kappa shape index (κ3) is 2.95. The average Bonchev–Trinajstić information content (AvgIpc) is 2.94. The fourth-order valence-corrected chi connectivity index (χ4v) is 3.93. The molecular formula is C22H22N2O4. The Morgan fingerprint density at radius 3 is 2.29 bits per heavy atom. The van der Waals surface area contributed by atoms with Crippen molar-refractivity contribution in [2.45, 2.75) is 32.4 Å². The Labute approximate surface area is 163 Å². The van der Waals surface area contributed by atoms with Crippen molar-refractivity contribution in [1.29, 1.82) is 0 Å². The molecule has 0 radical (unpaired) electrons. The van der Waals surface area contributed by atoms with Crippen LogP contribution in [-0.4, -0.2) is 35.3 Å². The molecule has 6 nitrogen and oxygen atoms in total. The van der Waals surface area contributed by atoms with Crippen molar-refractivity contribution in [1.82, 2.24) is 10.2 Å². The van der Waals surface area contributed by atoms with Crippen molar-refractivity contribution < 1.29 is 19.1 Å². The van der Waals surface area contributed by atoms with E-state index >= 15 is 0 Å². The summed E-state index contributed by atoms with van der Waals surface area (Å²) in [5, 5.41) is 3.04. The summed E-state index contributed by atoms with van der Waals surface area (Å²) >= 11 is 0. The summed E-state index contributed by atoms with van der Waals surface area (Å²) in [7, 11) is 0. The second-order valence-electron chi connectivity index (χ2n) is 7.45. The maximum Gasteiger partial charge on any atom is 0.262 e. The Morgan fingerprint density at radius 2 is 1.64 bits per heavy atom. The fourth-order valence-electron chi connectivity index (χ4n) is 3.93. The van der Waals surface area contributed by atoms with Gasteiger partial charge in [-0.2, -0.15) is 0 Å². The van der Waals surface area contributed by atoms with Gasteiger partial charge in [0.15, 0.2) is 0 Å². The van der Waals surface area contributed by atoms with Crippen LogP contribution in [0.2, 0.25) is 0 Å². The highest BCUT2D eigenvalue weighted by Gasteiger charge is 2.44. The Morgan fingerprint density at radius 1 is 1.04 bits per heavy atom. The molecule has 0 aliphatic carbocycles. The summed E-state index contributed by atoms with van der Waals surface area (Å²) in [6.45, 7) is 4.18. The van der Waals surface area contributed by atoms with Crippen molar-refractivity contribution in [3.05, 3.63) is 65.2 Å². The number of hydrogen-bond acceptors (Lipinski definition) is 4. The Kier molecular flexibility index (Phi) is 4.63. The molecule has 0 saturated heterocycles. The van der Waals surface area contributed by atoms with Gasteiger partial charge < -0.3 is 10.1 Å². The van der Waals surface area contributed by atoms with Crippen molar-refractivity contribution in [3.63, 3.8) is 0 Å². The number of nitrogens with one attached hydrogen (secondary N) is 1. The van der Waals surface area contributed by atoms with Gasteiger partial charge in [-0.3, -0.25) is 19.3 Å². The van der Waals surface area contributed by atoms with Gasteiger partial charge in [0.1, 0.15) is 11.8 Å². The molecule has 2 heterocycles. The zero-order valence-corrected chi connectivity index (χ0v) is 15.8. The van der Waals surface area contributed by atoms with Crippen LogP contribution < -0.4 is 10.1 Å². The number of rotatable bonds is 4. The third-order valence-electron chi connectivity index (χ3n) is 5.28. The number of para-hydroxylation sites is 1. The quantitative estimate of drug-likeness (QED) is 0.830. The average molecular weight is 378 g/mol. The van der Waals surface area contributed by atoms with Crippen LogP contribution in [0.3, 0.4) is 0 Å². The standard InChI is InChI=1S/C22H22N2O4/c1-13(2)19(24-21(26)14-7-3-4-8-15(14)22(24)27)20(25)23-17-11-12-28-18-10-6-5-9-16(17)18/h3-10,13,17,19H,11-12H2,1-2H3,(H,23,25)/t17-,19-/m0/s1. The predicted octanol–water partition coefficient (Wildman–Crippen LogP) is 2.95. The summed E-state index contributed by atoms with van der Waals surface area (Å²) in [6, 6.07) is 13.2. The van der Waals surface area contributed by atoms with E-state index in [0.29, 0.717) is 24.2 Å². The van der Waals surface area contributed by atoms with E-state index in [1.165, 1.54) is 0 Å². The van der Waals surface area contributed by atoms with E-state index in [2.05, 4.69) is 5.32 Å². The molecule has 144 valence electrons. The van der Waals surface area contributed by atoms with Crippen LogP contribution in [0.5, 0.6) is 5.75 Å². The van der Waals surface area contributed by atoms with Gasteiger partial charge in [0, 0.05) is 12.0 Å². The van der Waals surface area contributed by atoms with Crippen LogP contribution >= 0.6 is 0 Å². The second kappa shape index (κ2) is 7.11. The minimum Gasteiger partial charge on any atom is -0.493 e. The van der Waals surface area contributed by atoms with Gasteiger partial charge in [-0.1, -0.05) is 44.2 Å². The van der Waals surface area contributed by atoms with Crippen LogP contribution in [0.1, 0.15) is 52.6 Å². The van der Waals surface area contributed by atoms with Crippen LogP contribution in [0.25, 0.3) is 0 Å². The number of ether oxygens (including phenoxy) is 1. The lowest BCUT2D eigenvalue weighted by atomic mass is 9.97. The number of fused-ring (bicyclic) bond motifs is 2. The highest BCUT2D eigenvalue weighted by Crippen LogP contribution is 2.33. The van der Waals surface area contributed by atoms with E-state index < -0.39 is 17.9 Å². The SMILES string of the molecule is CC(C)[C@@H](C(=O)N[C@H]1CCOc2ccccc21)N1C(=O)c2ccccc2C1=O. The Balaban J connectivity index is 1.61. The number of carbonyl (C=O) groups excluding carboxylic acids is 3. The maximum atomic E-state index is 13.2. The number of hydrogen-bond donors (Lipinski definition) is 1. The first-order chi connectivity index (χ1) is 13.5. The topological polar surface area (TPSA) is 75.7 Å². The van der Waals surface area contributed by atoms with Gasteiger partial charge >= 0.3 is 0 Å². The first kappa shape index (κ1) is 18.2. The molecule has 0 aromatic heterocycles. The first-order valence-corrected chi connectivity index (χ1v) is 9.48. The molecule has 6 heteroatoms. The maximum absolute atomic E-state index is 13.2. The molecule has 2 aromatic rings. The predicted molar refractivity (Wildman–Crippen MR) is 103 cm³/mol. The molecule has 2 aliphatic rings. The first-order valence-electron chi connectivity index (χ1n) is 9.48. The molecular weight excluding hydrogens is 356 g/mol. The highest BCUT2D eigenvalue weighted by molar-refractivity contribution is 6.22. The molecule has 1 N–H and O–H groups in total. The van der Waals surface area contributed by atoms with Crippen LogP contribution in [0.15, 0.2) is 48.5 Å². The fraction of sp³-hybridized carbons (Fsp3) is 0.318. The Bertz CT molecular complexity index is 918. The molecule has 0 fully saturated rings. The van der Waals surface area contributed by atoms with Gasteiger partial charge in [-0.15, -0.1) is 0 Å². The number of imide groups is 1. The van der Waals surface area contributed by atoms with Crippen molar-refractivity contribution in [2.75, 3.05) is 6.61 Å². The lowest BCUT2D eigenvalue weighted by Gasteiger charge is -2.32. The molecule has 3 amide bonds. The van der Waals surface area contributed by atoms with Gasteiger partial charge in [0.05, 0.1) is 23.8 Å². The summed E-state index contributed by atoms with van der Waals surface area (Å²) in [5.74, 6) is -0.631. The van der Waals surface area contributed by atoms with Crippen molar-refractivity contribution in [3.8, 4) is 5.75 Å². The van der Waals surface area contributed by atoms with Gasteiger partial charge in [0.25, 0.3) is 11.8 Å². The number of benzene rings is 2. The van der Waals surface area contributed by atoms with Crippen LogP contribution in [0.4, 0.5) is 0 Å². The molecule has 2 atom stereocenters. The van der Waals surface area contributed by atoms with E-state index in [1.807, 2.05) is 38.1 Å². The van der Waals surface area contributed by atoms with E-state index in [4.69, 9.17) is 4.74 Å². The molecule has 0 bridgehead atoms. The zero-order chi connectivity index (χ0) is 19.8. The summed E-state index contributed by atoms with van der Waals surface area (Å²) in [4.78, 5) is 40.0. The molecule has 2 aromatic carbocycles. The van der Waals surface area contributed by atoms with E-state index in [0.717, 1.165) is 16.2 Å². The van der Waals surface area contributed by atoms with Crippen LogP contribution in [-0.2, 0) is 4.79 Å². The highest BCUT2D eigenvalue weighted by atomic mass is 16.5. The molecule has 0 unspecified atom stereocenters. The molecule has 2 aliphatic heterocycles. The van der Waals surface area contributed by atoms with Gasteiger partial charge in [0.2, 0.25) is 5.91 Å². The lowest BCUT2D eigenvalue weighted by molar-refractivity contribution is -0.127. The van der Waals surface area contributed by atoms with Crippen molar-refractivity contribution in [2.24, 2.45) is 5.92 Å². The normalized spacial score (nSPS) is 19.1. The molecule has 0 spiro atoms. The molecule has 28 heavy (non-hydrogen) atoms. The minimum atomic E-state index is -0.873. The lowest BCUT2D eigenvalue weighted by Crippen LogP contribution is -2.53. The third-order valence-corrected chi connectivity index (χ3v) is 5.28. The smallest absolute Gasteiger partial charge is 0.262 e. The minimum absolute atomic E-state index is 0.214. The summed E-state index contributed by atoms with van der Waals surface area (Å²) < 4.78 is 5.65. The van der Waals surface area contributed by atoms with E-state index in [9.17, 15) is 14.4 Å².